The Bertz CT molecular complexity index is 844. The second-order valence-corrected chi connectivity index (χ2v) is 7.02. The van der Waals surface area contributed by atoms with Crippen LogP contribution in [0.25, 0.3) is 11.2 Å². The van der Waals surface area contributed by atoms with E-state index < -0.39 is 24.5 Å². The quantitative estimate of drug-likeness (QED) is 0.460. The Morgan fingerprint density at radius 2 is 2.21 bits per heavy atom. The van der Waals surface area contributed by atoms with Crippen LogP contribution in [0.2, 0.25) is 0 Å². The van der Waals surface area contributed by atoms with Gasteiger partial charge in [0.15, 0.2) is 23.2 Å². The molecule has 4 rings (SSSR count). The zero-order valence-electron chi connectivity index (χ0n) is 15.2. The first-order chi connectivity index (χ1) is 13.6. The minimum Gasteiger partial charge on any atom is -0.468 e. The summed E-state index contributed by atoms with van der Waals surface area (Å²) in [6, 6.07) is 0.163. The number of imidazole rings is 1. The summed E-state index contributed by atoms with van der Waals surface area (Å²) < 4.78 is 18.1. The molecule has 4 heterocycles. The average Bonchev–Trinajstić information content (AvgIpc) is 3.42. The Morgan fingerprint density at radius 3 is 2.96 bits per heavy atom. The first-order valence-corrected chi connectivity index (χ1v) is 9.37. The number of nitrogens with zero attached hydrogens (tertiary/aromatic N) is 4. The Labute approximate surface area is 166 Å². The number of nitrogens with one attached hydrogen (secondary N) is 2. The van der Waals surface area contributed by atoms with Crippen molar-refractivity contribution >= 4 is 34.4 Å². The van der Waals surface area contributed by atoms with Crippen LogP contribution in [0.3, 0.4) is 0 Å². The van der Waals surface area contributed by atoms with Gasteiger partial charge in [-0.05, 0) is 18.6 Å². The van der Waals surface area contributed by atoms with Gasteiger partial charge >= 0.3 is 0 Å². The summed E-state index contributed by atoms with van der Waals surface area (Å²) in [6.45, 7) is 1.32. The van der Waals surface area contributed by atoms with Crippen LogP contribution in [0, 0.1) is 0 Å². The Hall–Kier alpha value is -2.12. The fourth-order valence-electron chi connectivity index (χ4n) is 3.31. The van der Waals surface area contributed by atoms with Gasteiger partial charge in [0.1, 0.15) is 31.2 Å². The Kier molecular flexibility index (Phi) is 5.55. The topological polar surface area (TPSA) is 136 Å². The summed E-state index contributed by atoms with van der Waals surface area (Å²) in [7, 11) is 1.63. The summed E-state index contributed by atoms with van der Waals surface area (Å²) >= 11 is 4.92. The van der Waals surface area contributed by atoms with Gasteiger partial charge in [0.2, 0.25) is 0 Å². The molecule has 0 aliphatic carbocycles. The van der Waals surface area contributed by atoms with E-state index in [-0.39, 0.29) is 17.8 Å². The maximum atomic E-state index is 10.5. The lowest BCUT2D eigenvalue weighted by atomic mass is 10.1. The molecule has 0 spiro atoms. The zero-order chi connectivity index (χ0) is 19.7. The van der Waals surface area contributed by atoms with Crippen LogP contribution in [0.5, 0.6) is 0 Å². The molecule has 0 saturated carbocycles. The van der Waals surface area contributed by atoms with E-state index in [4.69, 9.17) is 26.4 Å². The highest BCUT2D eigenvalue weighted by molar-refractivity contribution is 7.80. The van der Waals surface area contributed by atoms with E-state index in [0.717, 1.165) is 6.42 Å². The maximum Gasteiger partial charge on any atom is 0.256 e. The van der Waals surface area contributed by atoms with E-state index in [1.54, 1.807) is 11.6 Å². The molecule has 11 nitrogen and oxygen atoms in total. The van der Waals surface area contributed by atoms with Crippen LogP contribution in [0.15, 0.2) is 12.7 Å². The number of fused-ring (bicyclic) bond motifs is 1. The van der Waals surface area contributed by atoms with E-state index in [1.165, 1.54) is 12.7 Å². The first kappa shape index (κ1) is 19.2. The van der Waals surface area contributed by atoms with Crippen molar-refractivity contribution in [3.63, 3.8) is 0 Å². The summed E-state index contributed by atoms with van der Waals surface area (Å²) in [5.74, 6) is 0.589. The molecule has 0 bridgehead atoms. The number of hydrogen-bond acceptors (Lipinski definition) is 10. The average molecular weight is 410 g/mol. The fraction of sp³-hybridized carbons (Fsp3) is 0.625. The summed E-state index contributed by atoms with van der Waals surface area (Å²) in [4.78, 5) is 12.9. The predicted octanol–water partition coefficient (Wildman–Crippen LogP) is -0.833. The predicted molar refractivity (Wildman–Crippen MR) is 102 cm³/mol. The summed E-state index contributed by atoms with van der Waals surface area (Å²) in [6.07, 6.45) is -0.117. The normalized spacial score (nSPS) is 29.9. The van der Waals surface area contributed by atoms with Gasteiger partial charge in [-0.3, -0.25) is 4.57 Å². The van der Waals surface area contributed by atoms with Gasteiger partial charge in [0.25, 0.3) is 5.17 Å². The Balaban J connectivity index is 1.54. The van der Waals surface area contributed by atoms with Crippen LogP contribution in [-0.4, -0.2) is 86.1 Å². The third kappa shape index (κ3) is 3.61. The van der Waals surface area contributed by atoms with Crippen molar-refractivity contribution in [2.75, 3.05) is 32.2 Å². The standard InChI is InChI=1S/C16H22N6O5S/c1-17-16(28)26-5-9-11(23)12(24)15(27-9)22-7-20-10-13(18-6-19-14(10)22)21-8-2-3-25-4-8/h6-9,11-12,15,23-24H,2-5H2,1H3,(H,17,28)(H,18,19,21)/t8-,9-,11-,12-,15?/m1/s1. The number of rotatable bonds is 5. The number of aromatic nitrogens is 4. The molecule has 4 N–H and O–H groups in total. The van der Waals surface area contributed by atoms with Crippen LogP contribution in [0.4, 0.5) is 5.82 Å². The van der Waals surface area contributed by atoms with Gasteiger partial charge in [-0.2, -0.15) is 0 Å². The van der Waals surface area contributed by atoms with Crippen molar-refractivity contribution in [1.29, 1.82) is 0 Å². The van der Waals surface area contributed by atoms with Gasteiger partial charge in [-0.25, -0.2) is 15.0 Å². The smallest absolute Gasteiger partial charge is 0.256 e. The molecule has 2 aromatic heterocycles. The van der Waals surface area contributed by atoms with E-state index in [1.807, 2.05) is 0 Å². The van der Waals surface area contributed by atoms with Gasteiger partial charge in [-0.1, -0.05) is 0 Å². The molecule has 2 aliphatic rings. The molecule has 2 aromatic rings. The number of thiocarbonyl (C=S) groups is 1. The van der Waals surface area contributed by atoms with Crippen LogP contribution < -0.4 is 10.6 Å². The van der Waals surface area contributed by atoms with Crippen molar-refractivity contribution in [3.05, 3.63) is 12.7 Å². The molecule has 0 radical (unpaired) electrons. The van der Waals surface area contributed by atoms with Crippen LogP contribution in [-0.2, 0) is 14.2 Å². The molecule has 2 fully saturated rings. The molecular formula is C16H22N6O5S. The fourth-order valence-corrected chi connectivity index (χ4v) is 3.38. The van der Waals surface area contributed by atoms with E-state index in [2.05, 4.69) is 25.6 Å². The maximum absolute atomic E-state index is 10.5. The number of anilines is 1. The molecule has 2 aliphatic heterocycles. The van der Waals surface area contributed by atoms with Crippen molar-refractivity contribution in [2.45, 2.75) is 37.0 Å². The molecule has 12 heteroatoms. The lowest BCUT2D eigenvalue weighted by Gasteiger charge is -2.17. The molecule has 28 heavy (non-hydrogen) atoms. The highest BCUT2D eigenvalue weighted by atomic mass is 32.1. The third-order valence-corrected chi connectivity index (χ3v) is 5.15. The monoisotopic (exact) mass is 410 g/mol. The SMILES string of the molecule is CNC(=S)OC[C@H]1OC(n2cnc3c(N[C@@H]4CCOC4)ncnc32)[C@H](O)[C@@H]1O. The van der Waals surface area contributed by atoms with Crippen molar-refractivity contribution in [2.24, 2.45) is 0 Å². The summed E-state index contributed by atoms with van der Waals surface area (Å²) in [5.41, 5.74) is 1.04. The van der Waals surface area contributed by atoms with Crippen molar-refractivity contribution in [1.82, 2.24) is 24.8 Å². The molecule has 1 unspecified atom stereocenters. The lowest BCUT2D eigenvalue weighted by Crippen LogP contribution is -2.35. The van der Waals surface area contributed by atoms with Gasteiger partial charge in [0, 0.05) is 13.7 Å². The van der Waals surface area contributed by atoms with E-state index in [0.29, 0.717) is 30.2 Å². The minimum absolute atomic E-state index is 0.00446. The molecule has 5 atom stereocenters. The second kappa shape index (κ2) is 8.09. The van der Waals surface area contributed by atoms with Gasteiger partial charge < -0.3 is 35.1 Å². The molecule has 0 amide bonds. The van der Waals surface area contributed by atoms with Gasteiger partial charge in [0.05, 0.1) is 19.0 Å². The van der Waals surface area contributed by atoms with Crippen molar-refractivity contribution < 1.29 is 24.4 Å². The third-order valence-electron chi connectivity index (χ3n) is 4.82. The molecule has 2 saturated heterocycles. The van der Waals surface area contributed by atoms with Gasteiger partial charge in [-0.15, -0.1) is 0 Å². The number of aliphatic hydroxyl groups excluding tert-OH is 2. The minimum atomic E-state index is -1.18. The highest BCUT2D eigenvalue weighted by Gasteiger charge is 2.44. The molecule has 0 aromatic carbocycles. The largest absolute Gasteiger partial charge is 0.468 e. The molecule has 152 valence electrons. The first-order valence-electron chi connectivity index (χ1n) is 8.96. The zero-order valence-corrected chi connectivity index (χ0v) is 16.0. The summed E-state index contributed by atoms with van der Waals surface area (Å²) in [5, 5.41) is 27.0. The number of ether oxygens (including phenoxy) is 3. The highest BCUT2D eigenvalue weighted by Crippen LogP contribution is 2.32. The van der Waals surface area contributed by atoms with Crippen molar-refractivity contribution in [3.8, 4) is 0 Å². The Morgan fingerprint density at radius 1 is 1.36 bits per heavy atom. The number of aliphatic hydroxyl groups is 2. The van der Waals surface area contributed by atoms with E-state index >= 15 is 0 Å². The lowest BCUT2D eigenvalue weighted by molar-refractivity contribution is -0.0490. The molecular weight excluding hydrogens is 388 g/mol. The second-order valence-electron chi connectivity index (χ2n) is 6.65. The number of hydrogen-bond donors (Lipinski definition) is 4. The van der Waals surface area contributed by atoms with E-state index in [9.17, 15) is 10.2 Å². The van der Waals surface area contributed by atoms with Crippen LogP contribution in [0.1, 0.15) is 12.6 Å². The van der Waals surface area contributed by atoms with Crippen LogP contribution >= 0.6 is 12.2 Å².